The van der Waals surface area contributed by atoms with Crippen molar-refractivity contribution in [3.8, 4) is 0 Å². The molecular weight excluding hydrogens is 112 g/mol. The van der Waals surface area contributed by atoms with E-state index in [4.69, 9.17) is 0 Å². The molecule has 0 N–H and O–H groups in total. The Bertz CT molecular complexity index is 244. The average Bonchev–Trinajstić information content (AvgIpc) is 2.33. The Morgan fingerprint density at radius 2 is 2.44 bits per heavy atom. The molecule has 0 spiro atoms. The summed E-state index contributed by atoms with van der Waals surface area (Å²) >= 11 is 0. The fourth-order valence-electron chi connectivity index (χ4n) is 0.923. The van der Waals surface area contributed by atoms with Crippen LogP contribution in [-0.4, -0.2) is 12.1 Å². The first-order valence-electron chi connectivity index (χ1n) is 2.94. The third kappa shape index (κ3) is 0.633. The molecule has 0 amide bonds. The van der Waals surface area contributed by atoms with E-state index in [1.807, 2.05) is 12.3 Å². The standard InChI is InChI=1S/C7H6N2/c1-2-6-3-5-9-7(6)8-4-1/h2-5H,1H2. The number of nitrogens with zero attached hydrogens (tertiary/aromatic N) is 2. The number of dihydropyridines is 1. The van der Waals surface area contributed by atoms with E-state index in [2.05, 4.69) is 16.1 Å². The predicted molar refractivity (Wildman–Crippen MR) is 37.8 cm³/mol. The first-order chi connectivity index (χ1) is 4.47. The van der Waals surface area contributed by atoms with Gasteiger partial charge in [0.05, 0.1) is 0 Å². The molecule has 0 fully saturated rings. The van der Waals surface area contributed by atoms with Crippen molar-refractivity contribution in [3.63, 3.8) is 0 Å². The van der Waals surface area contributed by atoms with Crippen molar-refractivity contribution in [2.45, 2.75) is 6.42 Å². The van der Waals surface area contributed by atoms with Gasteiger partial charge in [-0.05, 0) is 6.08 Å². The monoisotopic (exact) mass is 118 g/mol. The molecule has 2 rings (SSSR count). The Labute approximate surface area is 53.3 Å². The smallest absolute Gasteiger partial charge is 0.158 e. The molecule has 2 heteroatoms. The van der Waals surface area contributed by atoms with Crippen molar-refractivity contribution in [2.75, 3.05) is 0 Å². The zero-order valence-corrected chi connectivity index (χ0v) is 4.91. The second-order valence-electron chi connectivity index (χ2n) is 1.98. The maximum atomic E-state index is 4.09. The summed E-state index contributed by atoms with van der Waals surface area (Å²) in [4.78, 5) is 8.11. The van der Waals surface area contributed by atoms with Gasteiger partial charge in [-0.3, -0.25) is 0 Å². The molecule has 0 aromatic carbocycles. The first kappa shape index (κ1) is 4.68. The van der Waals surface area contributed by atoms with Gasteiger partial charge in [0.1, 0.15) is 0 Å². The van der Waals surface area contributed by atoms with Gasteiger partial charge >= 0.3 is 0 Å². The predicted octanol–water partition coefficient (Wildman–Crippen LogP) is 1.31. The van der Waals surface area contributed by atoms with Crippen LogP contribution in [0.15, 0.2) is 33.9 Å². The van der Waals surface area contributed by atoms with Gasteiger partial charge in [0.15, 0.2) is 5.84 Å². The number of aliphatic imine (C=N–C) groups is 2. The average molecular weight is 118 g/mol. The molecule has 0 aliphatic carbocycles. The zero-order valence-electron chi connectivity index (χ0n) is 4.91. The molecule has 0 saturated heterocycles. The minimum atomic E-state index is 0.862. The summed E-state index contributed by atoms with van der Waals surface area (Å²) in [6, 6.07) is 0. The van der Waals surface area contributed by atoms with E-state index in [1.54, 1.807) is 6.20 Å². The first-order valence-corrected chi connectivity index (χ1v) is 2.94. The SMILES string of the molecule is C1=CC2=CCC=NC2=N1. The lowest BCUT2D eigenvalue weighted by molar-refractivity contribution is 1.42. The highest BCUT2D eigenvalue weighted by molar-refractivity contribution is 6.08. The number of fused-ring (bicyclic) bond motifs is 1. The van der Waals surface area contributed by atoms with Crippen LogP contribution in [0.1, 0.15) is 6.42 Å². The molecule has 0 atom stereocenters. The fourth-order valence-corrected chi connectivity index (χ4v) is 0.923. The lowest BCUT2D eigenvalue weighted by Gasteiger charge is -1.98. The summed E-state index contributed by atoms with van der Waals surface area (Å²) in [5.74, 6) is 0.862. The molecule has 0 aromatic rings. The van der Waals surface area contributed by atoms with E-state index < -0.39 is 0 Å². The summed E-state index contributed by atoms with van der Waals surface area (Å²) in [6.07, 6.45) is 8.69. The highest BCUT2D eigenvalue weighted by Crippen LogP contribution is 2.13. The van der Waals surface area contributed by atoms with Crippen LogP contribution < -0.4 is 0 Å². The number of amidine groups is 1. The van der Waals surface area contributed by atoms with Crippen molar-refractivity contribution < 1.29 is 0 Å². The second-order valence-corrected chi connectivity index (χ2v) is 1.98. The van der Waals surface area contributed by atoms with Crippen LogP contribution in [-0.2, 0) is 0 Å². The van der Waals surface area contributed by atoms with Crippen LogP contribution in [0.2, 0.25) is 0 Å². The van der Waals surface area contributed by atoms with E-state index >= 15 is 0 Å². The summed E-state index contributed by atoms with van der Waals surface area (Å²) < 4.78 is 0. The highest BCUT2D eigenvalue weighted by atomic mass is 14.9. The molecule has 0 bridgehead atoms. The van der Waals surface area contributed by atoms with Crippen molar-refractivity contribution in [3.05, 3.63) is 23.9 Å². The Balaban J connectivity index is 2.46. The number of allylic oxidation sites excluding steroid dienone is 1. The fraction of sp³-hybridized carbons (Fsp3) is 0.143. The van der Waals surface area contributed by atoms with E-state index in [0.717, 1.165) is 17.8 Å². The van der Waals surface area contributed by atoms with Crippen LogP contribution in [0.25, 0.3) is 0 Å². The third-order valence-corrected chi connectivity index (χ3v) is 1.37. The highest BCUT2D eigenvalue weighted by Gasteiger charge is 2.07. The molecular formula is C7H6N2. The second kappa shape index (κ2) is 1.65. The van der Waals surface area contributed by atoms with Gasteiger partial charge in [0.2, 0.25) is 0 Å². The van der Waals surface area contributed by atoms with Crippen LogP contribution in [0.5, 0.6) is 0 Å². The number of hydrogen-bond acceptors (Lipinski definition) is 2. The van der Waals surface area contributed by atoms with Crippen LogP contribution in [0, 0.1) is 0 Å². The number of rotatable bonds is 0. The van der Waals surface area contributed by atoms with Crippen molar-refractivity contribution >= 4 is 12.1 Å². The van der Waals surface area contributed by atoms with Crippen LogP contribution in [0.4, 0.5) is 0 Å². The molecule has 0 saturated carbocycles. The van der Waals surface area contributed by atoms with Crippen molar-refractivity contribution in [1.29, 1.82) is 0 Å². The minimum absolute atomic E-state index is 0.862. The summed E-state index contributed by atoms with van der Waals surface area (Å²) in [7, 11) is 0. The largest absolute Gasteiger partial charge is 0.241 e. The molecule has 0 radical (unpaired) electrons. The molecule has 2 aliphatic heterocycles. The minimum Gasteiger partial charge on any atom is -0.241 e. The van der Waals surface area contributed by atoms with Gasteiger partial charge in [-0.15, -0.1) is 0 Å². The lowest BCUT2D eigenvalue weighted by atomic mass is 10.2. The van der Waals surface area contributed by atoms with Gasteiger partial charge in [0, 0.05) is 24.4 Å². The van der Waals surface area contributed by atoms with Gasteiger partial charge < -0.3 is 0 Å². The molecule has 9 heavy (non-hydrogen) atoms. The molecule has 2 heterocycles. The van der Waals surface area contributed by atoms with Crippen LogP contribution in [0.3, 0.4) is 0 Å². The Morgan fingerprint density at radius 3 is 3.33 bits per heavy atom. The topological polar surface area (TPSA) is 24.7 Å². The normalized spacial score (nSPS) is 21.3. The van der Waals surface area contributed by atoms with E-state index in [1.165, 1.54) is 0 Å². The van der Waals surface area contributed by atoms with Gasteiger partial charge in [-0.2, -0.15) is 0 Å². The molecule has 44 valence electrons. The van der Waals surface area contributed by atoms with E-state index in [-0.39, 0.29) is 0 Å². The Kier molecular flexibility index (Phi) is 0.859. The lowest BCUT2D eigenvalue weighted by Crippen LogP contribution is -1.98. The van der Waals surface area contributed by atoms with Gasteiger partial charge in [-0.25, -0.2) is 9.98 Å². The van der Waals surface area contributed by atoms with Gasteiger partial charge in [-0.1, -0.05) is 6.08 Å². The summed E-state index contributed by atoms with van der Waals surface area (Å²) in [6.45, 7) is 0. The van der Waals surface area contributed by atoms with Gasteiger partial charge in [0.25, 0.3) is 0 Å². The molecule has 0 unspecified atom stereocenters. The molecule has 0 aromatic heterocycles. The molecule has 2 aliphatic rings. The van der Waals surface area contributed by atoms with E-state index in [0.29, 0.717) is 0 Å². The zero-order chi connectivity index (χ0) is 6.10. The Morgan fingerprint density at radius 1 is 1.44 bits per heavy atom. The van der Waals surface area contributed by atoms with E-state index in [9.17, 15) is 0 Å². The maximum Gasteiger partial charge on any atom is 0.158 e. The summed E-state index contributed by atoms with van der Waals surface area (Å²) in [5, 5.41) is 0. The van der Waals surface area contributed by atoms with Crippen molar-refractivity contribution in [1.82, 2.24) is 0 Å². The molecule has 2 nitrogen and oxygen atoms in total. The summed E-state index contributed by atoms with van der Waals surface area (Å²) in [5.41, 5.74) is 1.16. The van der Waals surface area contributed by atoms with Crippen molar-refractivity contribution in [2.24, 2.45) is 9.98 Å². The number of hydrogen-bond donors (Lipinski definition) is 0. The Hall–Kier alpha value is -1.18. The quantitative estimate of drug-likeness (QED) is 0.458. The maximum absolute atomic E-state index is 4.09. The third-order valence-electron chi connectivity index (χ3n) is 1.37. The van der Waals surface area contributed by atoms with Crippen LogP contribution >= 0.6 is 0 Å².